The Morgan fingerprint density at radius 2 is 1.82 bits per heavy atom. The normalized spacial score (nSPS) is 12.3. The van der Waals surface area contributed by atoms with E-state index >= 15 is 0 Å². The first-order valence-corrected chi connectivity index (χ1v) is 15.5. The molecule has 0 radical (unpaired) electrons. The molecule has 44 heavy (non-hydrogen) atoms. The molecule has 2 aromatic rings. The number of hydrogen-bond acceptors (Lipinski definition) is 11. The van der Waals surface area contributed by atoms with E-state index in [4.69, 9.17) is 26.0 Å². The van der Waals surface area contributed by atoms with Crippen molar-refractivity contribution in [1.82, 2.24) is 16.0 Å². The number of carboxylic acid groups (broad SMARTS) is 1. The Balaban J connectivity index is -0.000000498. The smallest absolute Gasteiger partial charge is 0.290 e. The zero-order chi connectivity index (χ0) is 34.1. The number of hydrogen-bond donors (Lipinski definition) is 8. The minimum absolute atomic E-state index is 0.0225. The van der Waals surface area contributed by atoms with Crippen LogP contribution in [0.25, 0.3) is 0 Å². The van der Waals surface area contributed by atoms with Crippen LogP contribution >= 0.6 is 24.4 Å². The quantitative estimate of drug-likeness (QED) is 0.0493. The molecular formula is C31H53N7O4S2. The number of aliphatic hydroxyl groups is 1. The number of rotatable bonds is 9. The van der Waals surface area contributed by atoms with Crippen molar-refractivity contribution in [3.63, 3.8) is 0 Å². The molecule has 0 aromatic heterocycles. The Bertz CT molecular complexity index is 979. The monoisotopic (exact) mass is 651 g/mol. The number of thiol groups is 1. The lowest BCUT2D eigenvalue weighted by Gasteiger charge is -2.12. The number of thioether (sulfide) groups is 1. The minimum Gasteiger partial charge on any atom is -0.483 e. The van der Waals surface area contributed by atoms with Crippen LogP contribution in [0, 0.1) is 11.5 Å². The predicted octanol–water partition coefficient (Wildman–Crippen LogP) is 3.96. The van der Waals surface area contributed by atoms with E-state index in [0.717, 1.165) is 48.8 Å². The van der Waals surface area contributed by atoms with Gasteiger partial charge < -0.3 is 37.2 Å². The largest absolute Gasteiger partial charge is 0.483 e. The zero-order valence-electron chi connectivity index (χ0n) is 26.8. The summed E-state index contributed by atoms with van der Waals surface area (Å²) in [6.45, 7) is 13.6. The third-order valence-electron chi connectivity index (χ3n) is 5.08. The summed E-state index contributed by atoms with van der Waals surface area (Å²) in [5, 5.41) is 34.8. The topological polar surface area (TPSA) is 185 Å². The van der Waals surface area contributed by atoms with Gasteiger partial charge in [0.15, 0.2) is 0 Å². The lowest BCUT2D eigenvalue weighted by atomic mass is 10.1. The second-order valence-electron chi connectivity index (χ2n) is 9.56. The van der Waals surface area contributed by atoms with Gasteiger partial charge in [0.2, 0.25) is 12.1 Å². The van der Waals surface area contributed by atoms with Gasteiger partial charge in [0.25, 0.3) is 6.47 Å². The number of nitrogens with zero attached hydrogens (tertiary/aromatic N) is 2. The number of nitrogens with two attached hydrogens (primary N) is 1. The SMILES string of the molecule is C=NC#N.CC1(C)CNCS1.CNc1ccc(CC(C)NC(C)=O)cc1.NCNCCCCO.O=CO.Sc1ccccc1. The average molecular weight is 652 g/mol. The Morgan fingerprint density at radius 3 is 2.14 bits per heavy atom. The number of nitrogens with one attached hydrogen (secondary N) is 4. The average Bonchev–Trinajstić information content (AvgIpc) is 3.41. The molecule has 2 aromatic carbocycles. The van der Waals surface area contributed by atoms with Gasteiger partial charge >= 0.3 is 0 Å². The van der Waals surface area contributed by atoms with E-state index in [-0.39, 0.29) is 25.0 Å². The van der Waals surface area contributed by atoms with Crippen LogP contribution in [0.15, 0.2) is 64.5 Å². The van der Waals surface area contributed by atoms with Gasteiger partial charge in [-0.25, -0.2) is 0 Å². The van der Waals surface area contributed by atoms with Crippen LogP contribution in [0.3, 0.4) is 0 Å². The van der Waals surface area contributed by atoms with Crippen molar-refractivity contribution in [2.75, 3.05) is 44.6 Å². The number of carbonyl (C=O) groups excluding carboxylic acids is 1. The van der Waals surface area contributed by atoms with Crippen LogP contribution in [-0.2, 0) is 16.0 Å². The molecule has 11 nitrogen and oxygen atoms in total. The second-order valence-corrected chi connectivity index (χ2v) is 11.8. The van der Waals surface area contributed by atoms with E-state index in [1.807, 2.05) is 68.2 Å². The summed E-state index contributed by atoms with van der Waals surface area (Å²) in [6, 6.07) is 18.2. The summed E-state index contributed by atoms with van der Waals surface area (Å²) in [4.78, 5) is 23.0. The number of carbonyl (C=O) groups is 2. The molecule has 1 unspecified atom stereocenters. The van der Waals surface area contributed by atoms with Crippen molar-refractivity contribution in [2.45, 2.75) is 62.6 Å². The second kappa shape index (κ2) is 32.8. The van der Waals surface area contributed by atoms with Crippen molar-refractivity contribution in [3.05, 3.63) is 60.2 Å². The molecule has 1 aliphatic rings. The molecule has 0 aliphatic carbocycles. The highest BCUT2D eigenvalue weighted by Gasteiger charge is 2.22. The van der Waals surface area contributed by atoms with Gasteiger partial charge in [-0.1, -0.05) is 30.3 Å². The lowest BCUT2D eigenvalue weighted by molar-refractivity contribution is -0.123. The first kappa shape index (κ1) is 45.3. The summed E-state index contributed by atoms with van der Waals surface area (Å²) >= 11 is 6.07. The van der Waals surface area contributed by atoms with Crippen molar-refractivity contribution in [2.24, 2.45) is 10.7 Å². The van der Waals surface area contributed by atoms with Gasteiger partial charge in [-0.15, -0.1) is 24.4 Å². The number of benzene rings is 2. The van der Waals surface area contributed by atoms with Gasteiger partial charge in [0, 0.05) is 67.8 Å². The third-order valence-corrected chi connectivity index (χ3v) is 6.66. The first-order valence-electron chi connectivity index (χ1n) is 14.0. The number of unbranched alkanes of at least 4 members (excludes halogenated alkanes) is 1. The molecular weight excluding hydrogens is 599 g/mol. The van der Waals surface area contributed by atoms with Gasteiger partial charge in [-0.05, 0) is 76.4 Å². The van der Waals surface area contributed by atoms with Gasteiger partial charge in [0.1, 0.15) is 0 Å². The summed E-state index contributed by atoms with van der Waals surface area (Å²) in [6.07, 6.45) is 4.18. The number of anilines is 1. The summed E-state index contributed by atoms with van der Waals surface area (Å²) in [5.74, 6) is 1.15. The summed E-state index contributed by atoms with van der Waals surface area (Å²) < 4.78 is 0.500. The Labute approximate surface area is 273 Å². The highest BCUT2D eigenvalue weighted by molar-refractivity contribution is 8.00. The molecule has 1 atom stereocenters. The maximum atomic E-state index is 10.8. The molecule has 1 amide bonds. The van der Waals surface area contributed by atoms with E-state index in [1.54, 1.807) is 6.92 Å². The Morgan fingerprint density at radius 1 is 1.25 bits per heavy atom. The number of aliphatic hydroxyl groups excluding tert-OH is 1. The van der Waals surface area contributed by atoms with Crippen molar-refractivity contribution >= 4 is 49.2 Å². The maximum Gasteiger partial charge on any atom is 0.290 e. The fourth-order valence-corrected chi connectivity index (χ4v) is 4.07. The van der Waals surface area contributed by atoms with E-state index in [1.165, 1.54) is 11.8 Å². The maximum absolute atomic E-state index is 10.8. The molecule has 1 heterocycles. The van der Waals surface area contributed by atoms with Gasteiger partial charge in [-0.3, -0.25) is 9.59 Å². The summed E-state index contributed by atoms with van der Waals surface area (Å²) in [5.41, 5.74) is 7.47. The van der Waals surface area contributed by atoms with Crippen LogP contribution < -0.4 is 27.0 Å². The minimum atomic E-state index is -0.250. The Kier molecular flexibility index (Phi) is 33.8. The van der Waals surface area contributed by atoms with E-state index < -0.39 is 0 Å². The summed E-state index contributed by atoms with van der Waals surface area (Å²) in [7, 11) is 1.90. The fraction of sp³-hybridized carbons (Fsp3) is 0.484. The van der Waals surface area contributed by atoms with Crippen LogP contribution in [-0.4, -0.2) is 79.4 Å². The number of amides is 1. The van der Waals surface area contributed by atoms with Crippen LogP contribution in [0.5, 0.6) is 0 Å². The Hall–Kier alpha value is -3.12. The van der Waals surface area contributed by atoms with E-state index in [9.17, 15) is 4.79 Å². The molecule has 1 aliphatic heterocycles. The van der Waals surface area contributed by atoms with Gasteiger partial charge in [0.05, 0.1) is 0 Å². The zero-order valence-corrected chi connectivity index (χ0v) is 28.5. The van der Waals surface area contributed by atoms with Crippen molar-refractivity contribution < 1.29 is 19.8 Å². The van der Waals surface area contributed by atoms with Crippen LogP contribution in [0.1, 0.15) is 46.1 Å². The molecule has 1 saturated heterocycles. The van der Waals surface area contributed by atoms with Crippen LogP contribution in [0.2, 0.25) is 0 Å². The number of nitriles is 1. The van der Waals surface area contributed by atoms with Gasteiger partial charge in [-0.2, -0.15) is 10.3 Å². The molecule has 3 rings (SSSR count). The first-order chi connectivity index (χ1) is 21.0. The predicted molar refractivity (Wildman–Crippen MR) is 188 cm³/mol. The number of aliphatic imine (C=N–C) groups is 1. The fourth-order valence-electron chi connectivity index (χ4n) is 3.10. The molecule has 1 fully saturated rings. The van der Waals surface area contributed by atoms with Crippen molar-refractivity contribution in [3.8, 4) is 6.19 Å². The standard InChI is InChI=1S/C12H18N2O.C6H6S.C5H14N2O.C5H11NS.C2H2N2.CH2O2/c1-9(14-10(2)15)8-11-4-6-12(13-3)7-5-11;7-6-4-2-1-3-5-6;6-5-7-3-1-2-4-8;1-5(2)3-6-4-7-5;1-4-2-3;2-1-3/h4-7,9,13H,8H2,1-3H3,(H,14,15);1-5,7H;7-8H,1-6H2;6H,3-4H2,1-2H3;1H2;1H,(H,2,3). The molecule has 0 spiro atoms. The molecule has 13 heteroatoms. The third kappa shape index (κ3) is 35.1. The van der Waals surface area contributed by atoms with E-state index in [2.05, 4.69) is 71.6 Å². The van der Waals surface area contributed by atoms with Crippen LogP contribution in [0.4, 0.5) is 5.69 Å². The van der Waals surface area contributed by atoms with E-state index in [0.29, 0.717) is 11.4 Å². The molecule has 0 bridgehead atoms. The lowest BCUT2D eigenvalue weighted by Crippen LogP contribution is -2.31. The molecule has 8 N–H and O–H groups in total. The highest BCUT2D eigenvalue weighted by atomic mass is 32.2. The molecule has 0 saturated carbocycles. The molecule has 248 valence electrons. The van der Waals surface area contributed by atoms with Crippen molar-refractivity contribution in [1.29, 1.82) is 5.26 Å². The highest BCUT2D eigenvalue weighted by Crippen LogP contribution is 2.26.